The second-order valence-corrected chi connectivity index (χ2v) is 11.6. The van der Waals surface area contributed by atoms with Gasteiger partial charge in [0.25, 0.3) is 0 Å². The van der Waals surface area contributed by atoms with Gasteiger partial charge in [0.05, 0.1) is 19.1 Å². The smallest absolute Gasteiger partial charge is 0.243 e. The van der Waals surface area contributed by atoms with Crippen molar-refractivity contribution in [3.8, 4) is 5.75 Å². The predicted molar refractivity (Wildman–Crippen MR) is 149 cm³/mol. The third-order valence-electron chi connectivity index (χ3n) is 5.99. The lowest BCUT2D eigenvalue weighted by Crippen LogP contribution is -2.50. The Morgan fingerprint density at radius 3 is 2.30 bits per heavy atom. The highest BCUT2D eigenvalue weighted by Crippen LogP contribution is 2.28. The van der Waals surface area contributed by atoms with Crippen LogP contribution < -0.4 is 14.4 Å². The lowest BCUT2D eigenvalue weighted by Gasteiger charge is -2.31. The zero-order valence-electron chi connectivity index (χ0n) is 22.5. The second kappa shape index (κ2) is 13.7. The monoisotopic (exact) mass is 551 g/mol. The van der Waals surface area contributed by atoms with Crippen molar-refractivity contribution < 1.29 is 22.7 Å². The van der Waals surface area contributed by atoms with Crippen LogP contribution in [0.25, 0.3) is 0 Å². The van der Waals surface area contributed by atoms with Gasteiger partial charge in [0.15, 0.2) is 0 Å². The molecule has 0 aliphatic heterocycles. The van der Waals surface area contributed by atoms with Crippen molar-refractivity contribution in [2.24, 2.45) is 0 Å². The summed E-state index contributed by atoms with van der Waals surface area (Å²) in [5.74, 6) is 0.257. The molecule has 2 rings (SSSR count). The van der Waals surface area contributed by atoms with Crippen molar-refractivity contribution in [3.63, 3.8) is 0 Å². The third-order valence-corrected chi connectivity index (χ3v) is 7.58. The molecule has 2 amide bonds. The van der Waals surface area contributed by atoms with Crippen LogP contribution in [0.4, 0.5) is 5.69 Å². The average molecular weight is 552 g/mol. The van der Waals surface area contributed by atoms with E-state index < -0.39 is 16.1 Å². The Labute approximate surface area is 226 Å². The van der Waals surface area contributed by atoms with Crippen LogP contribution >= 0.6 is 11.6 Å². The van der Waals surface area contributed by atoms with Crippen LogP contribution in [0.5, 0.6) is 5.75 Å². The van der Waals surface area contributed by atoms with E-state index in [9.17, 15) is 18.0 Å². The molecular weight excluding hydrogens is 514 g/mol. The van der Waals surface area contributed by atoms with E-state index >= 15 is 0 Å². The first-order chi connectivity index (χ1) is 17.4. The number of hydrogen-bond donors (Lipinski definition) is 1. The molecule has 1 atom stereocenters. The highest BCUT2D eigenvalue weighted by Gasteiger charge is 2.29. The molecule has 0 spiro atoms. The Kier molecular flexibility index (Phi) is 11.3. The highest BCUT2D eigenvalue weighted by molar-refractivity contribution is 7.92. The van der Waals surface area contributed by atoms with Crippen LogP contribution in [0.1, 0.15) is 51.2 Å². The van der Waals surface area contributed by atoms with Gasteiger partial charge >= 0.3 is 0 Å². The van der Waals surface area contributed by atoms with Crippen molar-refractivity contribution in [1.29, 1.82) is 0 Å². The first-order valence-electron chi connectivity index (χ1n) is 12.3. The number of sulfonamides is 1. The Bertz CT molecular complexity index is 1170. The summed E-state index contributed by atoms with van der Waals surface area (Å²) in [6, 6.07) is 11.7. The van der Waals surface area contributed by atoms with Gasteiger partial charge < -0.3 is 15.0 Å². The lowest BCUT2D eigenvalue weighted by molar-refractivity contribution is -0.141. The molecule has 1 N–H and O–H groups in total. The number of anilines is 1. The number of carbonyl (C=O) groups excluding carboxylic acids is 2. The summed E-state index contributed by atoms with van der Waals surface area (Å²) < 4.78 is 31.6. The minimum absolute atomic E-state index is 0.0660. The van der Waals surface area contributed by atoms with Gasteiger partial charge in [-0.15, -0.1) is 0 Å². The Hall–Kier alpha value is -2.78. The number of amides is 2. The maximum absolute atomic E-state index is 13.5. The fraction of sp³-hybridized carbons (Fsp3) is 0.481. The van der Waals surface area contributed by atoms with Crippen LogP contribution in [-0.2, 0) is 26.2 Å². The molecule has 0 radical (unpaired) electrons. The van der Waals surface area contributed by atoms with Gasteiger partial charge in [-0.05, 0) is 69.0 Å². The average Bonchev–Trinajstić information content (AvgIpc) is 2.83. The molecule has 0 heterocycles. The normalized spacial score (nSPS) is 12.2. The molecule has 0 bridgehead atoms. The first-order valence-corrected chi connectivity index (χ1v) is 14.6. The minimum atomic E-state index is -3.60. The van der Waals surface area contributed by atoms with Crippen molar-refractivity contribution in [2.75, 3.05) is 24.2 Å². The molecular formula is C27H38ClN3O5S. The third kappa shape index (κ3) is 8.64. The van der Waals surface area contributed by atoms with Crippen molar-refractivity contribution in [1.82, 2.24) is 10.2 Å². The van der Waals surface area contributed by atoms with Gasteiger partial charge in [0, 0.05) is 30.6 Å². The fourth-order valence-electron chi connectivity index (χ4n) is 4.08. The van der Waals surface area contributed by atoms with E-state index in [0.717, 1.165) is 11.8 Å². The van der Waals surface area contributed by atoms with E-state index in [1.165, 1.54) is 4.31 Å². The summed E-state index contributed by atoms with van der Waals surface area (Å²) in [6.45, 7) is 7.73. The molecule has 8 nitrogen and oxygen atoms in total. The number of carbonyl (C=O) groups is 2. The Morgan fingerprint density at radius 1 is 1.11 bits per heavy atom. The molecule has 0 aromatic heterocycles. The lowest BCUT2D eigenvalue weighted by atomic mass is 10.1. The van der Waals surface area contributed by atoms with Crippen molar-refractivity contribution >= 4 is 39.1 Å². The van der Waals surface area contributed by atoms with Crippen LogP contribution in [0.2, 0.25) is 5.02 Å². The van der Waals surface area contributed by atoms with Gasteiger partial charge in [-0.1, -0.05) is 36.7 Å². The molecule has 0 saturated heterocycles. The van der Waals surface area contributed by atoms with E-state index in [-0.39, 0.29) is 43.8 Å². The number of ether oxygens (including phenoxy) is 1. The molecule has 0 saturated carbocycles. The summed E-state index contributed by atoms with van der Waals surface area (Å²) in [6.07, 6.45) is 1.93. The van der Waals surface area contributed by atoms with E-state index in [4.69, 9.17) is 16.3 Å². The minimum Gasteiger partial charge on any atom is -0.497 e. The molecule has 204 valence electrons. The Morgan fingerprint density at radius 2 is 1.76 bits per heavy atom. The molecule has 0 aliphatic rings. The number of nitrogens with one attached hydrogen (secondary N) is 1. The summed E-state index contributed by atoms with van der Waals surface area (Å²) in [5, 5.41) is 3.37. The van der Waals surface area contributed by atoms with E-state index in [2.05, 4.69) is 5.32 Å². The molecule has 0 aliphatic carbocycles. The van der Waals surface area contributed by atoms with Crippen LogP contribution in [0.3, 0.4) is 0 Å². The van der Waals surface area contributed by atoms with E-state index in [1.807, 2.05) is 45.0 Å². The molecule has 0 fully saturated rings. The van der Waals surface area contributed by atoms with Gasteiger partial charge in [-0.2, -0.15) is 0 Å². The number of halogens is 1. The zero-order chi connectivity index (χ0) is 27.8. The number of rotatable bonds is 13. The SMILES string of the molecule is CC[C@@H](C(=O)NC(C)C)N(Cc1ccc(OC)cc1)C(=O)CCCN(c1cccc(Cl)c1C)S(C)(=O)=O. The standard InChI is InChI=1S/C27H38ClN3O5S/c1-7-24(27(33)29-19(2)3)30(18-21-13-15-22(36-5)16-14-21)26(32)12-9-17-31(37(6,34)35)25-11-8-10-23(28)20(25)4/h8,10-11,13-16,19,24H,7,9,12,17-18H2,1-6H3,(H,29,33)/t24-/m0/s1. The van der Waals surface area contributed by atoms with Gasteiger partial charge in [-0.25, -0.2) is 8.42 Å². The Balaban J connectivity index is 2.25. The number of benzene rings is 2. The largest absolute Gasteiger partial charge is 0.497 e. The van der Waals surface area contributed by atoms with Crippen molar-refractivity contribution in [3.05, 3.63) is 58.6 Å². The van der Waals surface area contributed by atoms with Gasteiger partial charge in [-0.3, -0.25) is 13.9 Å². The summed E-state index contributed by atoms with van der Waals surface area (Å²) in [4.78, 5) is 28.0. The van der Waals surface area contributed by atoms with E-state index in [0.29, 0.717) is 28.4 Å². The van der Waals surface area contributed by atoms with Gasteiger partial charge in [0.2, 0.25) is 21.8 Å². The molecule has 10 heteroatoms. The van der Waals surface area contributed by atoms with Crippen LogP contribution in [0, 0.1) is 6.92 Å². The quantitative estimate of drug-likeness (QED) is 0.394. The number of methoxy groups -OCH3 is 1. The second-order valence-electron chi connectivity index (χ2n) is 9.28. The number of hydrogen-bond acceptors (Lipinski definition) is 5. The maximum Gasteiger partial charge on any atom is 0.243 e. The molecule has 37 heavy (non-hydrogen) atoms. The maximum atomic E-state index is 13.5. The zero-order valence-corrected chi connectivity index (χ0v) is 24.0. The van der Waals surface area contributed by atoms with E-state index in [1.54, 1.807) is 37.1 Å². The highest BCUT2D eigenvalue weighted by atomic mass is 35.5. The topological polar surface area (TPSA) is 96.0 Å². The summed E-state index contributed by atoms with van der Waals surface area (Å²) in [5.41, 5.74) is 2.00. The van der Waals surface area contributed by atoms with Crippen LogP contribution in [-0.4, -0.2) is 57.1 Å². The number of nitrogens with zero attached hydrogens (tertiary/aromatic N) is 2. The van der Waals surface area contributed by atoms with Crippen LogP contribution in [0.15, 0.2) is 42.5 Å². The van der Waals surface area contributed by atoms with Crippen molar-refractivity contribution in [2.45, 2.75) is 65.6 Å². The molecule has 0 unspecified atom stereocenters. The predicted octanol–water partition coefficient (Wildman–Crippen LogP) is 4.54. The van der Waals surface area contributed by atoms with Gasteiger partial charge in [0.1, 0.15) is 11.8 Å². The molecule has 2 aromatic carbocycles. The summed E-state index contributed by atoms with van der Waals surface area (Å²) >= 11 is 6.22. The summed E-state index contributed by atoms with van der Waals surface area (Å²) in [7, 11) is -2.02. The first kappa shape index (κ1) is 30.4. The fourth-order valence-corrected chi connectivity index (χ4v) is 5.26. The molecule has 2 aromatic rings.